The van der Waals surface area contributed by atoms with Crippen molar-refractivity contribution in [1.82, 2.24) is 4.90 Å². The number of carbonyl (C=O) groups excluding carboxylic acids is 2. The second-order valence-electron chi connectivity index (χ2n) is 5.52. The van der Waals surface area contributed by atoms with E-state index in [4.69, 9.17) is 11.6 Å². The van der Waals surface area contributed by atoms with E-state index in [-0.39, 0.29) is 11.8 Å². The lowest BCUT2D eigenvalue weighted by Gasteiger charge is -2.29. The Bertz CT molecular complexity index is 537. The molecule has 0 aromatic heterocycles. The molecule has 0 aliphatic carbocycles. The van der Waals surface area contributed by atoms with Gasteiger partial charge in [-0.3, -0.25) is 9.59 Å². The van der Waals surface area contributed by atoms with Crippen molar-refractivity contribution < 1.29 is 9.59 Å². The van der Waals surface area contributed by atoms with Crippen molar-refractivity contribution in [3.63, 3.8) is 0 Å². The third-order valence-corrected chi connectivity index (χ3v) is 3.84. The molecule has 0 aliphatic heterocycles. The van der Waals surface area contributed by atoms with Gasteiger partial charge >= 0.3 is 0 Å². The van der Waals surface area contributed by atoms with Crippen molar-refractivity contribution in [2.45, 2.75) is 34.6 Å². The van der Waals surface area contributed by atoms with Gasteiger partial charge in [-0.2, -0.15) is 0 Å². The van der Waals surface area contributed by atoms with Crippen LogP contribution in [0.4, 0.5) is 5.69 Å². The van der Waals surface area contributed by atoms with Crippen molar-refractivity contribution in [2.75, 3.05) is 18.4 Å². The number of carbonyl (C=O) groups is 2. The van der Waals surface area contributed by atoms with Crippen LogP contribution in [0.25, 0.3) is 0 Å². The molecular formula is C16H23ClN2O2. The maximum atomic E-state index is 12.5. The van der Waals surface area contributed by atoms with Gasteiger partial charge in [0.2, 0.25) is 11.8 Å². The molecule has 0 radical (unpaired) electrons. The summed E-state index contributed by atoms with van der Waals surface area (Å²) in [6, 6.07) is 5.28. The molecule has 1 N–H and O–H groups in total. The van der Waals surface area contributed by atoms with Crippen LogP contribution in [0.5, 0.6) is 0 Å². The summed E-state index contributed by atoms with van der Waals surface area (Å²) < 4.78 is 0. The van der Waals surface area contributed by atoms with Crippen molar-refractivity contribution >= 4 is 29.1 Å². The van der Waals surface area contributed by atoms with Gasteiger partial charge in [0.25, 0.3) is 0 Å². The molecule has 0 saturated heterocycles. The number of rotatable bonds is 5. The summed E-state index contributed by atoms with van der Waals surface area (Å²) in [6.45, 7) is 10.1. The molecule has 1 aromatic rings. The van der Waals surface area contributed by atoms with E-state index in [1.807, 2.05) is 26.8 Å². The van der Waals surface area contributed by atoms with Gasteiger partial charge in [-0.15, -0.1) is 0 Å². The number of halogens is 1. The number of aryl methyl sites for hydroxylation is 1. The molecule has 0 bridgehead atoms. The number of benzene rings is 1. The molecular weight excluding hydrogens is 288 g/mol. The molecule has 1 aromatic carbocycles. The summed E-state index contributed by atoms with van der Waals surface area (Å²) in [5.74, 6) is -0.505. The molecule has 2 amide bonds. The lowest BCUT2D eigenvalue weighted by Crippen LogP contribution is -2.47. The second-order valence-corrected chi connectivity index (χ2v) is 5.95. The number of anilines is 1. The first-order valence-corrected chi connectivity index (χ1v) is 7.48. The molecule has 4 nitrogen and oxygen atoms in total. The van der Waals surface area contributed by atoms with E-state index in [9.17, 15) is 9.59 Å². The molecule has 5 heteroatoms. The number of hydrogen-bond donors (Lipinski definition) is 1. The van der Waals surface area contributed by atoms with Crippen LogP contribution in [0.3, 0.4) is 0 Å². The number of hydrogen-bond acceptors (Lipinski definition) is 2. The molecule has 1 rings (SSSR count). The molecule has 116 valence electrons. The number of nitrogens with one attached hydrogen (secondary N) is 1. The first-order valence-electron chi connectivity index (χ1n) is 7.11. The van der Waals surface area contributed by atoms with E-state index < -0.39 is 5.41 Å². The van der Waals surface area contributed by atoms with Crippen LogP contribution in [0.15, 0.2) is 18.2 Å². The van der Waals surface area contributed by atoms with E-state index in [1.54, 1.807) is 30.9 Å². The number of amides is 2. The average Bonchev–Trinajstić information content (AvgIpc) is 2.43. The minimum absolute atomic E-state index is 0.176. The van der Waals surface area contributed by atoms with E-state index in [0.717, 1.165) is 5.56 Å². The molecule has 0 heterocycles. The summed E-state index contributed by atoms with van der Waals surface area (Å²) in [5.41, 5.74) is 0.410. The fourth-order valence-corrected chi connectivity index (χ4v) is 2.18. The molecule has 0 fully saturated rings. The zero-order valence-corrected chi connectivity index (χ0v) is 14.0. The van der Waals surface area contributed by atoms with Gasteiger partial charge in [-0.25, -0.2) is 0 Å². The largest absolute Gasteiger partial charge is 0.342 e. The van der Waals surface area contributed by atoms with Crippen molar-refractivity contribution in [2.24, 2.45) is 5.41 Å². The third-order valence-electron chi connectivity index (χ3n) is 3.60. The van der Waals surface area contributed by atoms with Gasteiger partial charge in [-0.1, -0.05) is 17.7 Å². The lowest BCUT2D eigenvalue weighted by molar-refractivity contribution is -0.146. The SMILES string of the molecule is CCN(CC)C(=O)C(C)(C)C(=O)Nc1cc(Cl)ccc1C. The van der Waals surface area contributed by atoms with Crippen LogP contribution in [0.1, 0.15) is 33.3 Å². The highest BCUT2D eigenvalue weighted by Crippen LogP contribution is 2.25. The fourth-order valence-electron chi connectivity index (χ4n) is 2.01. The highest BCUT2D eigenvalue weighted by atomic mass is 35.5. The standard InChI is InChI=1S/C16H23ClN2O2/c1-6-19(7-2)15(21)16(4,5)14(20)18-13-10-12(17)9-8-11(13)3/h8-10H,6-7H2,1-5H3,(H,18,20). The Morgan fingerprint density at radius 3 is 2.33 bits per heavy atom. The third kappa shape index (κ3) is 3.97. The quantitative estimate of drug-likeness (QED) is 0.846. The van der Waals surface area contributed by atoms with Gasteiger partial charge in [0, 0.05) is 23.8 Å². The van der Waals surface area contributed by atoms with Crippen LogP contribution < -0.4 is 5.32 Å². The molecule has 0 saturated carbocycles. The Kier molecular flexibility index (Phi) is 5.78. The van der Waals surface area contributed by atoms with Gasteiger partial charge in [0.1, 0.15) is 5.41 Å². The van der Waals surface area contributed by atoms with Gasteiger partial charge in [0.05, 0.1) is 0 Å². The van der Waals surface area contributed by atoms with Gasteiger partial charge in [-0.05, 0) is 52.3 Å². The van der Waals surface area contributed by atoms with E-state index in [2.05, 4.69) is 5.32 Å². The summed E-state index contributed by atoms with van der Waals surface area (Å²) in [6.07, 6.45) is 0. The minimum Gasteiger partial charge on any atom is -0.342 e. The summed E-state index contributed by atoms with van der Waals surface area (Å²) in [4.78, 5) is 26.6. The predicted octanol–water partition coefficient (Wildman–Crippen LogP) is 3.48. The smallest absolute Gasteiger partial charge is 0.239 e. The Hall–Kier alpha value is -1.55. The van der Waals surface area contributed by atoms with Crippen LogP contribution in [-0.4, -0.2) is 29.8 Å². The van der Waals surface area contributed by atoms with Crippen molar-refractivity contribution in [3.05, 3.63) is 28.8 Å². The highest BCUT2D eigenvalue weighted by Gasteiger charge is 2.38. The summed E-state index contributed by atoms with van der Waals surface area (Å²) >= 11 is 5.95. The summed E-state index contributed by atoms with van der Waals surface area (Å²) in [7, 11) is 0. The van der Waals surface area contributed by atoms with Gasteiger partial charge < -0.3 is 10.2 Å². The summed E-state index contributed by atoms with van der Waals surface area (Å²) in [5, 5.41) is 3.35. The van der Waals surface area contributed by atoms with E-state index in [1.165, 1.54) is 0 Å². The zero-order valence-electron chi connectivity index (χ0n) is 13.3. The van der Waals surface area contributed by atoms with Crippen molar-refractivity contribution in [1.29, 1.82) is 0 Å². The van der Waals surface area contributed by atoms with Crippen LogP contribution >= 0.6 is 11.6 Å². The van der Waals surface area contributed by atoms with Crippen molar-refractivity contribution in [3.8, 4) is 0 Å². The topological polar surface area (TPSA) is 49.4 Å². The minimum atomic E-state index is -1.12. The fraction of sp³-hybridized carbons (Fsp3) is 0.500. The Morgan fingerprint density at radius 1 is 1.24 bits per heavy atom. The molecule has 0 atom stereocenters. The average molecular weight is 311 g/mol. The zero-order chi connectivity index (χ0) is 16.2. The molecule has 0 spiro atoms. The molecule has 21 heavy (non-hydrogen) atoms. The predicted molar refractivity (Wildman–Crippen MR) is 86.5 cm³/mol. The Balaban J connectivity index is 2.96. The Labute approximate surface area is 131 Å². The monoisotopic (exact) mass is 310 g/mol. The first-order chi connectivity index (χ1) is 9.73. The van der Waals surface area contributed by atoms with Crippen LogP contribution in [0.2, 0.25) is 5.02 Å². The molecule has 0 aliphatic rings. The van der Waals surface area contributed by atoms with Crippen LogP contribution in [-0.2, 0) is 9.59 Å². The van der Waals surface area contributed by atoms with Crippen LogP contribution in [0, 0.1) is 12.3 Å². The lowest BCUT2D eigenvalue weighted by atomic mass is 9.90. The maximum absolute atomic E-state index is 12.5. The Morgan fingerprint density at radius 2 is 1.81 bits per heavy atom. The number of nitrogens with zero attached hydrogens (tertiary/aromatic N) is 1. The first kappa shape index (κ1) is 17.5. The maximum Gasteiger partial charge on any atom is 0.239 e. The van der Waals surface area contributed by atoms with Gasteiger partial charge in [0.15, 0.2) is 0 Å². The highest BCUT2D eigenvalue weighted by molar-refractivity contribution is 6.31. The van der Waals surface area contributed by atoms with E-state index in [0.29, 0.717) is 23.8 Å². The second kappa shape index (κ2) is 6.94. The molecule has 0 unspecified atom stereocenters. The van der Waals surface area contributed by atoms with E-state index >= 15 is 0 Å². The normalized spacial score (nSPS) is 11.1.